The van der Waals surface area contributed by atoms with Crippen LogP contribution < -0.4 is 0 Å². The highest BCUT2D eigenvalue weighted by Gasteiger charge is 2.26. The molecule has 2 aliphatic rings. The molecule has 1 aromatic heterocycles. The van der Waals surface area contributed by atoms with E-state index in [2.05, 4.69) is 4.98 Å². The monoisotopic (exact) mass is 454 g/mol. The van der Waals surface area contributed by atoms with Crippen LogP contribution in [0.25, 0.3) is 0 Å². The number of morpholine rings is 1. The largest absolute Gasteiger partial charge is 0.378 e. The Morgan fingerprint density at radius 3 is 2.59 bits per heavy atom. The van der Waals surface area contributed by atoms with Gasteiger partial charge in [-0.05, 0) is 31.4 Å². The Balaban J connectivity index is 1.37. The molecular weight excluding hydrogens is 424 g/mol. The van der Waals surface area contributed by atoms with Gasteiger partial charge in [0.15, 0.2) is 5.78 Å². The minimum Gasteiger partial charge on any atom is -0.378 e. The molecule has 1 aromatic carbocycles. The molecule has 1 aliphatic heterocycles. The quantitative estimate of drug-likeness (QED) is 0.570. The van der Waals surface area contributed by atoms with Crippen molar-refractivity contribution in [1.29, 1.82) is 0 Å². The van der Waals surface area contributed by atoms with Gasteiger partial charge in [-0.1, -0.05) is 30.5 Å². The van der Waals surface area contributed by atoms with Gasteiger partial charge >= 0.3 is 0 Å². The molecule has 0 bridgehead atoms. The third-order valence-corrected chi connectivity index (χ3v) is 7.19. The lowest BCUT2D eigenvalue weighted by atomic mass is 9.90. The van der Waals surface area contributed by atoms with E-state index in [0.717, 1.165) is 41.8 Å². The normalized spacial score (nSPS) is 17.0. The third-order valence-electron chi connectivity index (χ3n) is 6.29. The van der Waals surface area contributed by atoms with E-state index in [1.165, 1.54) is 11.3 Å². The number of ether oxygens (including phenoxy) is 1. The zero-order valence-electron chi connectivity index (χ0n) is 18.6. The number of Topliss-reactive ketones (excluding diaryl/α,β-unsaturated/α-hetero) is 2. The number of carbonyl (C=O) groups is 3. The second-order valence-electron chi connectivity index (χ2n) is 8.80. The molecule has 32 heavy (non-hydrogen) atoms. The number of thiazole rings is 1. The number of carbonyl (C=O) groups excluding carboxylic acids is 3. The molecule has 170 valence electrons. The van der Waals surface area contributed by atoms with Gasteiger partial charge in [-0.2, -0.15) is 0 Å². The maximum atomic E-state index is 13.0. The summed E-state index contributed by atoms with van der Waals surface area (Å²) in [6.45, 7) is 4.37. The van der Waals surface area contributed by atoms with Crippen LogP contribution in [-0.2, 0) is 33.6 Å². The van der Waals surface area contributed by atoms with E-state index in [4.69, 9.17) is 4.74 Å². The predicted octanol–water partition coefficient (Wildman–Crippen LogP) is 3.58. The van der Waals surface area contributed by atoms with Crippen molar-refractivity contribution in [1.82, 2.24) is 9.88 Å². The summed E-state index contributed by atoms with van der Waals surface area (Å²) in [6.07, 6.45) is 4.82. The molecule has 2 aromatic rings. The molecular formula is C25H30N2O4S. The SMILES string of the molecule is Cc1ccc(CC(=O)Cc2nc(CC(=O)N3CCOCC3)cs2)c(C(=O)C2CCCC2)c1. The van der Waals surface area contributed by atoms with Gasteiger partial charge in [0.05, 0.1) is 31.7 Å². The topological polar surface area (TPSA) is 76.6 Å². The maximum absolute atomic E-state index is 13.0. The van der Waals surface area contributed by atoms with Crippen LogP contribution in [0.5, 0.6) is 0 Å². The molecule has 1 saturated heterocycles. The molecule has 4 rings (SSSR count). The zero-order chi connectivity index (χ0) is 22.5. The first kappa shape index (κ1) is 22.8. The van der Waals surface area contributed by atoms with Gasteiger partial charge in [0, 0.05) is 36.4 Å². The minimum atomic E-state index is 0.0368. The minimum absolute atomic E-state index is 0.0368. The van der Waals surface area contributed by atoms with Crippen LogP contribution in [0.4, 0.5) is 0 Å². The standard InChI is InChI=1S/C25H30N2O4S/c1-17-6-7-19(22(12-17)25(30)18-4-2-3-5-18)13-21(28)15-23-26-20(16-32-23)14-24(29)27-8-10-31-11-9-27/h6-7,12,16,18H,2-5,8-11,13-15H2,1H3. The van der Waals surface area contributed by atoms with Crippen molar-refractivity contribution in [3.05, 3.63) is 51.0 Å². The Bertz CT molecular complexity index is 988. The molecule has 0 spiro atoms. The molecule has 1 amide bonds. The molecule has 0 unspecified atom stereocenters. The number of rotatable bonds is 8. The Kier molecular flexibility index (Phi) is 7.48. The molecule has 1 aliphatic carbocycles. The Morgan fingerprint density at radius 1 is 1.09 bits per heavy atom. The van der Waals surface area contributed by atoms with E-state index in [-0.39, 0.29) is 42.7 Å². The van der Waals surface area contributed by atoms with Crippen molar-refractivity contribution in [2.75, 3.05) is 26.3 Å². The Morgan fingerprint density at radius 2 is 1.84 bits per heavy atom. The lowest BCUT2D eigenvalue weighted by Gasteiger charge is -2.26. The molecule has 1 saturated carbocycles. The van der Waals surface area contributed by atoms with Crippen LogP contribution in [0, 0.1) is 12.8 Å². The number of amides is 1. The number of hydrogen-bond donors (Lipinski definition) is 0. The lowest BCUT2D eigenvalue weighted by molar-refractivity contribution is -0.134. The van der Waals surface area contributed by atoms with E-state index in [0.29, 0.717) is 37.6 Å². The van der Waals surface area contributed by atoms with Gasteiger partial charge in [0.1, 0.15) is 10.8 Å². The fourth-order valence-electron chi connectivity index (χ4n) is 4.52. The fourth-order valence-corrected chi connectivity index (χ4v) is 5.34. The summed E-state index contributed by atoms with van der Waals surface area (Å²) in [6, 6.07) is 5.82. The first-order chi connectivity index (χ1) is 15.5. The van der Waals surface area contributed by atoms with Gasteiger partial charge in [-0.25, -0.2) is 4.98 Å². The van der Waals surface area contributed by atoms with E-state index >= 15 is 0 Å². The van der Waals surface area contributed by atoms with Crippen LogP contribution in [-0.4, -0.2) is 53.7 Å². The van der Waals surface area contributed by atoms with Crippen molar-refractivity contribution >= 4 is 28.8 Å². The number of nitrogens with zero attached hydrogens (tertiary/aromatic N) is 2. The predicted molar refractivity (Wildman–Crippen MR) is 123 cm³/mol. The summed E-state index contributed by atoms with van der Waals surface area (Å²) in [5.74, 6) is 0.365. The maximum Gasteiger partial charge on any atom is 0.228 e. The van der Waals surface area contributed by atoms with Crippen LogP contribution in [0.2, 0.25) is 0 Å². The van der Waals surface area contributed by atoms with Crippen molar-refractivity contribution in [3.63, 3.8) is 0 Å². The Labute approximate surface area is 193 Å². The first-order valence-electron chi connectivity index (χ1n) is 11.4. The van der Waals surface area contributed by atoms with Crippen LogP contribution in [0.1, 0.15) is 57.9 Å². The highest BCUT2D eigenvalue weighted by Crippen LogP contribution is 2.29. The second kappa shape index (κ2) is 10.5. The van der Waals surface area contributed by atoms with Gasteiger partial charge in [0.25, 0.3) is 0 Å². The average Bonchev–Trinajstić information content (AvgIpc) is 3.47. The molecule has 7 heteroatoms. The highest BCUT2D eigenvalue weighted by atomic mass is 32.1. The average molecular weight is 455 g/mol. The number of hydrogen-bond acceptors (Lipinski definition) is 6. The summed E-state index contributed by atoms with van der Waals surface area (Å²) in [4.78, 5) is 44.6. The van der Waals surface area contributed by atoms with Gasteiger partial charge in [0.2, 0.25) is 5.91 Å². The van der Waals surface area contributed by atoms with Crippen molar-refractivity contribution in [2.24, 2.45) is 5.92 Å². The molecule has 0 N–H and O–H groups in total. The number of ketones is 2. The molecule has 0 atom stereocenters. The zero-order valence-corrected chi connectivity index (χ0v) is 19.4. The van der Waals surface area contributed by atoms with Crippen LogP contribution in [0.15, 0.2) is 23.6 Å². The number of aryl methyl sites for hydroxylation is 1. The summed E-state index contributed by atoms with van der Waals surface area (Å²) in [7, 11) is 0. The third kappa shape index (κ3) is 5.70. The molecule has 2 fully saturated rings. The fraction of sp³-hybridized carbons (Fsp3) is 0.520. The van der Waals surface area contributed by atoms with E-state index < -0.39 is 0 Å². The van der Waals surface area contributed by atoms with E-state index in [1.54, 1.807) is 4.90 Å². The van der Waals surface area contributed by atoms with Crippen LogP contribution in [0.3, 0.4) is 0 Å². The van der Waals surface area contributed by atoms with E-state index in [1.807, 2.05) is 30.5 Å². The van der Waals surface area contributed by atoms with Crippen molar-refractivity contribution in [3.8, 4) is 0 Å². The molecule has 6 nitrogen and oxygen atoms in total. The van der Waals surface area contributed by atoms with E-state index in [9.17, 15) is 14.4 Å². The first-order valence-corrected chi connectivity index (χ1v) is 12.3. The van der Waals surface area contributed by atoms with Gasteiger partial charge in [-0.15, -0.1) is 11.3 Å². The highest BCUT2D eigenvalue weighted by molar-refractivity contribution is 7.09. The van der Waals surface area contributed by atoms with Crippen molar-refractivity contribution < 1.29 is 19.1 Å². The Hall–Kier alpha value is -2.38. The van der Waals surface area contributed by atoms with Crippen molar-refractivity contribution in [2.45, 2.75) is 51.9 Å². The molecule has 0 radical (unpaired) electrons. The lowest BCUT2D eigenvalue weighted by Crippen LogP contribution is -2.41. The van der Waals surface area contributed by atoms with Gasteiger partial charge < -0.3 is 9.64 Å². The van der Waals surface area contributed by atoms with Gasteiger partial charge in [-0.3, -0.25) is 14.4 Å². The second-order valence-corrected chi connectivity index (χ2v) is 9.74. The smallest absolute Gasteiger partial charge is 0.228 e. The number of benzene rings is 1. The molecule has 2 heterocycles. The summed E-state index contributed by atoms with van der Waals surface area (Å²) >= 11 is 1.42. The van der Waals surface area contributed by atoms with Crippen LogP contribution >= 0.6 is 11.3 Å². The summed E-state index contributed by atoms with van der Waals surface area (Å²) in [5, 5.41) is 2.58. The summed E-state index contributed by atoms with van der Waals surface area (Å²) in [5.41, 5.74) is 3.27. The number of aromatic nitrogens is 1. The summed E-state index contributed by atoms with van der Waals surface area (Å²) < 4.78 is 5.29.